The van der Waals surface area contributed by atoms with E-state index in [2.05, 4.69) is 9.30 Å². The number of amides is 1. The number of methoxy groups -OCH3 is 1. The number of rotatable bonds is 6. The van der Waals surface area contributed by atoms with Crippen molar-refractivity contribution in [3.63, 3.8) is 0 Å². The Balaban J connectivity index is 1.90. The lowest BCUT2D eigenvalue weighted by Crippen LogP contribution is -2.31. The molecule has 1 heterocycles. The van der Waals surface area contributed by atoms with Crippen molar-refractivity contribution in [1.29, 1.82) is 0 Å². The van der Waals surface area contributed by atoms with Crippen molar-refractivity contribution in [2.45, 2.75) is 38.1 Å². The van der Waals surface area contributed by atoms with Crippen LogP contribution in [-0.4, -0.2) is 42.0 Å². The van der Waals surface area contributed by atoms with Gasteiger partial charge in [-0.3, -0.25) is 9.59 Å². The van der Waals surface area contributed by atoms with Crippen LogP contribution < -0.4 is 0 Å². The van der Waals surface area contributed by atoms with Crippen molar-refractivity contribution in [3.8, 4) is 0 Å². The van der Waals surface area contributed by atoms with Gasteiger partial charge in [0.1, 0.15) is 5.69 Å². The second kappa shape index (κ2) is 6.59. The van der Waals surface area contributed by atoms with E-state index in [1.165, 1.54) is 13.5 Å². The molecule has 5 nitrogen and oxygen atoms in total. The maximum Gasteiger partial charge on any atom is 0.305 e. The first kappa shape index (κ1) is 14.6. The molecule has 0 aliphatic heterocycles. The van der Waals surface area contributed by atoms with E-state index in [1.54, 1.807) is 11.9 Å². The van der Waals surface area contributed by atoms with Gasteiger partial charge < -0.3 is 14.2 Å². The van der Waals surface area contributed by atoms with Gasteiger partial charge in [0.05, 0.1) is 7.11 Å². The highest BCUT2D eigenvalue weighted by Gasteiger charge is 2.24. The highest BCUT2D eigenvalue weighted by molar-refractivity contribution is 5.92. The van der Waals surface area contributed by atoms with Crippen molar-refractivity contribution in [2.24, 2.45) is 0 Å². The summed E-state index contributed by atoms with van der Waals surface area (Å²) in [4.78, 5) is 25.1. The van der Waals surface area contributed by atoms with Crippen LogP contribution in [0.25, 0.3) is 0 Å². The van der Waals surface area contributed by atoms with E-state index in [4.69, 9.17) is 0 Å². The van der Waals surface area contributed by atoms with Crippen LogP contribution >= 0.6 is 0 Å². The van der Waals surface area contributed by atoms with E-state index in [0.29, 0.717) is 25.4 Å². The summed E-state index contributed by atoms with van der Waals surface area (Å²) >= 11 is 0. The Morgan fingerprint density at radius 2 is 2.20 bits per heavy atom. The molecule has 1 aromatic heterocycles. The van der Waals surface area contributed by atoms with Gasteiger partial charge in [-0.05, 0) is 37.8 Å². The molecule has 2 rings (SSSR count). The number of carbonyl (C=O) groups excluding carboxylic acids is 2. The van der Waals surface area contributed by atoms with Crippen LogP contribution in [0.2, 0.25) is 0 Å². The summed E-state index contributed by atoms with van der Waals surface area (Å²) in [6, 6.07) is 4.28. The molecule has 0 atom stereocenters. The fourth-order valence-electron chi connectivity index (χ4n) is 2.42. The van der Waals surface area contributed by atoms with Gasteiger partial charge in [0.25, 0.3) is 5.91 Å². The van der Waals surface area contributed by atoms with Crippen LogP contribution in [-0.2, 0) is 9.53 Å². The van der Waals surface area contributed by atoms with Crippen LogP contribution in [0.1, 0.15) is 48.6 Å². The van der Waals surface area contributed by atoms with Crippen molar-refractivity contribution < 1.29 is 14.3 Å². The average molecular weight is 278 g/mol. The predicted octanol–water partition coefficient (Wildman–Crippen LogP) is 2.24. The number of nitrogens with zero attached hydrogens (tertiary/aromatic N) is 2. The number of carbonyl (C=O) groups is 2. The first-order valence-corrected chi connectivity index (χ1v) is 7.12. The highest BCUT2D eigenvalue weighted by atomic mass is 16.5. The largest absolute Gasteiger partial charge is 0.469 e. The first-order valence-electron chi connectivity index (χ1n) is 7.12. The molecule has 0 spiro atoms. The molecule has 1 aliphatic rings. The van der Waals surface area contributed by atoms with Gasteiger partial charge in [-0.25, -0.2) is 0 Å². The molecule has 20 heavy (non-hydrogen) atoms. The normalized spacial score (nSPS) is 14.7. The minimum Gasteiger partial charge on any atom is -0.469 e. The molecule has 1 fully saturated rings. The lowest BCUT2D eigenvalue weighted by Gasteiger charge is -2.29. The number of aromatic nitrogens is 1. The number of ether oxygens (including phenoxy) is 1. The van der Waals surface area contributed by atoms with E-state index >= 15 is 0 Å². The molecular weight excluding hydrogens is 256 g/mol. The quantitative estimate of drug-likeness (QED) is 0.750. The molecule has 1 amide bonds. The van der Waals surface area contributed by atoms with Crippen LogP contribution in [0.15, 0.2) is 18.3 Å². The third-order valence-corrected chi connectivity index (χ3v) is 3.91. The van der Waals surface area contributed by atoms with Crippen LogP contribution in [0.4, 0.5) is 0 Å². The Labute approximate surface area is 119 Å². The maximum atomic E-state index is 12.4. The Hall–Kier alpha value is -1.78. The Kier molecular flexibility index (Phi) is 4.82. The summed E-state index contributed by atoms with van der Waals surface area (Å²) in [6.07, 6.45) is 6.50. The van der Waals surface area contributed by atoms with Gasteiger partial charge in [0.2, 0.25) is 0 Å². The monoisotopic (exact) mass is 278 g/mol. The van der Waals surface area contributed by atoms with Crippen molar-refractivity contribution in [2.75, 3.05) is 20.7 Å². The average Bonchev–Trinajstić information content (AvgIpc) is 2.84. The van der Waals surface area contributed by atoms with Gasteiger partial charge in [-0.15, -0.1) is 0 Å². The van der Waals surface area contributed by atoms with E-state index in [-0.39, 0.29) is 11.9 Å². The topological polar surface area (TPSA) is 51.5 Å². The second-order valence-electron chi connectivity index (χ2n) is 5.29. The zero-order valence-electron chi connectivity index (χ0n) is 12.2. The van der Waals surface area contributed by atoms with Gasteiger partial charge in [-0.1, -0.05) is 0 Å². The number of hydrogen-bond acceptors (Lipinski definition) is 3. The van der Waals surface area contributed by atoms with Crippen LogP contribution in [0, 0.1) is 0 Å². The summed E-state index contributed by atoms with van der Waals surface area (Å²) in [6.45, 7) is 0.559. The lowest BCUT2D eigenvalue weighted by molar-refractivity contribution is -0.140. The minimum absolute atomic E-state index is 0.0202. The maximum absolute atomic E-state index is 12.4. The van der Waals surface area contributed by atoms with Gasteiger partial charge in [0, 0.05) is 32.3 Å². The molecule has 110 valence electrons. The summed E-state index contributed by atoms with van der Waals surface area (Å²) in [7, 11) is 3.15. The molecule has 0 unspecified atom stereocenters. The van der Waals surface area contributed by atoms with Crippen molar-refractivity contribution in [3.05, 3.63) is 24.0 Å². The fourth-order valence-corrected chi connectivity index (χ4v) is 2.42. The molecule has 1 aliphatic carbocycles. The summed E-state index contributed by atoms with van der Waals surface area (Å²) < 4.78 is 6.68. The Morgan fingerprint density at radius 1 is 1.45 bits per heavy atom. The SMILES string of the molecule is COC(=O)CCCN(C)C(=O)c1cccn1C1CCC1. The fraction of sp³-hybridized carbons (Fsp3) is 0.600. The van der Waals surface area contributed by atoms with Crippen LogP contribution in [0.5, 0.6) is 0 Å². The van der Waals surface area contributed by atoms with E-state index in [0.717, 1.165) is 18.5 Å². The van der Waals surface area contributed by atoms with Gasteiger partial charge in [-0.2, -0.15) is 0 Å². The lowest BCUT2D eigenvalue weighted by atomic mass is 9.93. The molecule has 0 saturated heterocycles. The highest BCUT2D eigenvalue weighted by Crippen LogP contribution is 2.32. The molecule has 1 aromatic rings. The molecular formula is C15H22N2O3. The summed E-state index contributed by atoms with van der Waals surface area (Å²) in [5.74, 6) is -0.213. The number of hydrogen-bond donors (Lipinski definition) is 0. The Morgan fingerprint density at radius 3 is 2.80 bits per heavy atom. The zero-order chi connectivity index (χ0) is 14.5. The molecule has 0 aromatic carbocycles. The third-order valence-electron chi connectivity index (χ3n) is 3.91. The molecule has 1 saturated carbocycles. The molecule has 0 radical (unpaired) electrons. The van der Waals surface area contributed by atoms with Crippen molar-refractivity contribution in [1.82, 2.24) is 9.47 Å². The minimum atomic E-state index is -0.233. The second-order valence-corrected chi connectivity index (χ2v) is 5.29. The molecule has 0 bridgehead atoms. The van der Waals surface area contributed by atoms with E-state index < -0.39 is 0 Å². The summed E-state index contributed by atoms with van der Waals surface area (Å²) in [5, 5.41) is 0. The smallest absolute Gasteiger partial charge is 0.305 e. The molecule has 5 heteroatoms. The van der Waals surface area contributed by atoms with E-state index in [9.17, 15) is 9.59 Å². The van der Waals surface area contributed by atoms with Gasteiger partial charge >= 0.3 is 5.97 Å². The predicted molar refractivity (Wildman–Crippen MR) is 75.5 cm³/mol. The standard InChI is InChI=1S/C15H22N2O3/c1-16(10-5-9-14(18)20-2)15(19)13-8-4-11-17(13)12-6-3-7-12/h4,8,11-12H,3,5-7,9-10H2,1-2H3. The van der Waals surface area contributed by atoms with E-state index in [1.807, 2.05) is 18.3 Å². The first-order chi connectivity index (χ1) is 9.63. The number of esters is 1. The zero-order valence-corrected chi connectivity index (χ0v) is 12.2. The van der Waals surface area contributed by atoms with Crippen molar-refractivity contribution >= 4 is 11.9 Å². The van der Waals surface area contributed by atoms with Crippen LogP contribution in [0.3, 0.4) is 0 Å². The molecule has 0 N–H and O–H groups in total. The third kappa shape index (κ3) is 3.21. The summed E-state index contributed by atoms with van der Waals surface area (Å²) in [5.41, 5.74) is 0.746. The van der Waals surface area contributed by atoms with Gasteiger partial charge in [0.15, 0.2) is 0 Å². The Bertz CT molecular complexity index is 477.